The Morgan fingerprint density at radius 3 is 3.00 bits per heavy atom. The van der Waals surface area contributed by atoms with Gasteiger partial charge in [0, 0.05) is 12.2 Å². The number of esters is 1. The van der Waals surface area contributed by atoms with Gasteiger partial charge in [0.2, 0.25) is 5.91 Å². The highest BCUT2D eigenvalue weighted by atomic mass is 16.5. The second-order valence-corrected chi connectivity index (χ2v) is 4.30. The van der Waals surface area contributed by atoms with Crippen LogP contribution in [0.3, 0.4) is 0 Å². The zero-order valence-corrected chi connectivity index (χ0v) is 10.6. The number of aliphatic hydroxyl groups excluding tert-OH is 1. The first-order valence-corrected chi connectivity index (χ1v) is 6.00. The van der Waals surface area contributed by atoms with Gasteiger partial charge in [0.25, 0.3) is 0 Å². The Morgan fingerprint density at radius 2 is 2.26 bits per heavy atom. The molecule has 2 rings (SSSR count). The molecular weight excluding hydrogens is 248 g/mol. The fourth-order valence-electron chi connectivity index (χ4n) is 2.06. The summed E-state index contributed by atoms with van der Waals surface area (Å²) in [6.07, 6.45) is -1.33. The lowest BCUT2D eigenvalue weighted by Crippen LogP contribution is -2.39. The molecule has 1 heterocycles. The molecule has 0 bridgehead atoms. The first-order chi connectivity index (χ1) is 9.13. The summed E-state index contributed by atoms with van der Waals surface area (Å²) in [5, 5.41) is 15.1. The maximum absolute atomic E-state index is 12.0. The highest BCUT2D eigenvalue weighted by Gasteiger charge is 2.28. The zero-order chi connectivity index (χ0) is 13.8. The molecule has 1 aliphatic rings. The fraction of sp³-hybridized carbons (Fsp3) is 0.385. The van der Waals surface area contributed by atoms with Crippen LogP contribution < -0.4 is 10.6 Å². The average Bonchev–Trinajstić information content (AvgIpc) is 2.87. The van der Waals surface area contributed by atoms with Crippen LogP contribution in [0.1, 0.15) is 11.5 Å². The van der Waals surface area contributed by atoms with Crippen LogP contribution in [-0.2, 0) is 14.3 Å². The van der Waals surface area contributed by atoms with Crippen molar-refractivity contribution in [2.75, 3.05) is 25.5 Å². The Balaban J connectivity index is 1.94. The highest BCUT2D eigenvalue weighted by molar-refractivity contribution is 5.88. The number of aliphatic hydroxyl groups is 1. The summed E-state index contributed by atoms with van der Waals surface area (Å²) in [4.78, 5) is 23.0. The molecule has 3 N–H and O–H groups in total. The molecule has 0 aliphatic carbocycles. The van der Waals surface area contributed by atoms with Crippen LogP contribution in [0.5, 0.6) is 0 Å². The van der Waals surface area contributed by atoms with Crippen molar-refractivity contribution >= 4 is 17.6 Å². The third-order valence-electron chi connectivity index (χ3n) is 3.09. The summed E-state index contributed by atoms with van der Waals surface area (Å²) >= 11 is 0. The van der Waals surface area contributed by atoms with E-state index in [1.54, 1.807) is 0 Å². The van der Waals surface area contributed by atoms with Crippen LogP contribution in [-0.4, -0.2) is 43.3 Å². The van der Waals surface area contributed by atoms with E-state index in [1.165, 1.54) is 7.11 Å². The number of ether oxygens (including phenoxy) is 1. The quantitative estimate of drug-likeness (QED) is 0.658. The predicted octanol–water partition coefficient (Wildman–Crippen LogP) is -0.154. The molecular formula is C13H16N2O4. The van der Waals surface area contributed by atoms with Gasteiger partial charge in [0.1, 0.15) is 0 Å². The van der Waals surface area contributed by atoms with Gasteiger partial charge in [-0.15, -0.1) is 0 Å². The number of amides is 1. The number of carbonyl (C=O) groups is 2. The SMILES string of the molecule is COC(=O)C(O)CNC(=O)C1CNc2ccccc21. The Kier molecular flexibility index (Phi) is 4.01. The van der Waals surface area contributed by atoms with Gasteiger partial charge < -0.3 is 20.5 Å². The monoisotopic (exact) mass is 264 g/mol. The maximum atomic E-state index is 12.0. The number of para-hydroxylation sites is 1. The molecule has 0 saturated carbocycles. The van der Waals surface area contributed by atoms with Gasteiger partial charge in [-0.1, -0.05) is 18.2 Å². The number of methoxy groups -OCH3 is 1. The van der Waals surface area contributed by atoms with Crippen LogP contribution in [0.25, 0.3) is 0 Å². The second-order valence-electron chi connectivity index (χ2n) is 4.30. The highest BCUT2D eigenvalue weighted by Crippen LogP contribution is 2.30. The van der Waals surface area contributed by atoms with Gasteiger partial charge in [-0.2, -0.15) is 0 Å². The van der Waals surface area contributed by atoms with Crippen LogP contribution in [0.4, 0.5) is 5.69 Å². The Morgan fingerprint density at radius 1 is 1.53 bits per heavy atom. The first kappa shape index (κ1) is 13.4. The van der Waals surface area contributed by atoms with Gasteiger partial charge in [0.15, 0.2) is 6.10 Å². The Bertz CT molecular complexity index is 489. The second kappa shape index (κ2) is 5.71. The number of benzene rings is 1. The molecule has 19 heavy (non-hydrogen) atoms. The Labute approximate surface area is 110 Å². The van der Waals surface area contributed by atoms with Crippen molar-refractivity contribution in [1.29, 1.82) is 0 Å². The molecule has 1 amide bonds. The standard InChI is InChI=1S/C13H16N2O4/c1-19-13(18)11(16)7-15-12(17)9-6-14-10-5-3-2-4-8(9)10/h2-5,9,11,14,16H,6-7H2,1H3,(H,15,17). The molecule has 1 aliphatic heterocycles. The molecule has 0 radical (unpaired) electrons. The third-order valence-corrected chi connectivity index (χ3v) is 3.09. The van der Waals surface area contributed by atoms with E-state index in [9.17, 15) is 14.7 Å². The van der Waals surface area contributed by atoms with Gasteiger partial charge in [0.05, 0.1) is 19.6 Å². The van der Waals surface area contributed by atoms with E-state index >= 15 is 0 Å². The third kappa shape index (κ3) is 2.85. The number of carbonyl (C=O) groups excluding carboxylic acids is 2. The summed E-state index contributed by atoms with van der Waals surface area (Å²) in [6, 6.07) is 7.56. The molecule has 1 aromatic carbocycles. The molecule has 6 nitrogen and oxygen atoms in total. The number of hydrogen-bond acceptors (Lipinski definition) is 5. The van der Waals surface area contributed by atoms with Crippen molar-refractivity contribution in [2.24, 2.45) is 0 Å². The normalized spacial score (nSPS) is 18.1. The number of fused-ring (bicyclic) bond motifs is 1. The largest absolute Gasteiger partial charge is 0.467 e. The minimum Gasteiger partial charge on any atom is -0.467 e. The lowest BCUT2D eigenvalue weighted by atomic mass is 10.0. The summed E-state index contributed by atoms with van der Waals surface area (Å²) in [5.74, 6) is -1.29. The lowest BCUT2D eigenvalue weighted by molar-refractivity contribution is -0.150. The van der Waals surface area contributed by atoms with Crippen molar-refractivity contribution in [1.82, 2.24) is 5.32 Å². The summed E-state index contributed by atoms with van der Waals surface area (Å²) in [7, 11) is 1.19. The first-order valence-electron chi connectivity index (χ1n) is 6.00. The van der Waals surface area contributed by atoms with Crippen molar-refractivity contribution in [3.05, 3.63) is 29.8 Å². The molecule has 6 heteroatoms. The summed E-state index contributed by atoms with van der Waals surface area (Å²) in [6.45, 7) is 0.365. The van der Waals surface area contributed by atoms with Crippen LogP contribution in [0.2, 0.25) is 0 Å². The summed E-state index contributed by atoms with van der Waals surface area (Å²) < 4.78 is 4.37. The van der Waals surface area contributed by atoms with Crippen molar-refractivity contribution < 1.29 is 19.4 Å². The molecule has 0 saturated heterocycles. The molecule has 1 aromatic rings. The van der Waals surface area contributed by atoms with Gasteiger partial charge in [-0.25, -0.2) is 4.79 Å². The van der Waals surface area contributed by atoms with Crippen molar-refractivity contribution in [3.8, 4) is 0 Å². The number of rotatable bonds is 4. The lowest BCUT2D eigenvalue weighted by Gasteiger charge is -2.13. The zero-order valence-electron chi connectivity index (χ0n) is 10.6. The van der Waals surface area contributed by atoms with Crippen LogP contribution in [0, 0.1) is 0 Å². The van der Waals surface area contributed by atoms with E-state index < -0.39 is 12.1 Å². The molecule has 0 spiro atoms. The Hall–Kier alpha value is -2.08. The summed E-state index contributed by atoms with van der Waals surface area (Å²) in [5.41, 5.74) is 1.86. The topological polar surface area (TPSA) is 87.7 Å². The minimum atomic E-state index is -1.33. The average molecular weight is 264 g/mol. The van der Waals surface area contributed by atoms with E-state index in [-0.39, 0.29) is 18.4 Å². The van der Waals surface area contributed by atoms with E-state index in [1.807, 2.05) is 24.3 Å². The molecule has 102 valence electrons. The smallest absolute Gasteiger partial charge is 0.336 e. The van der Waals surface area contributed by atoms with Gasteiger partial charge in [-0.05, 0) is 11.6 Å². The minimum absolute atomic E-state index is 0.149. The maximum Gasteiger partial charge on any atom is 0.336 e. The van der Waals surface area contributed by atoms with E-state index in [4.69, 9.17) is 0 Å². The van der Waals surface area contributed by atoms with Crippen LogP contribution >= 0.6 is 0 Å². The molecule has 2 atom stereocenters. The molecule has 0 aromatic heterocycles. The van der Waals surface area contributed by atoms with E-state index in [0.29, 0.717) is 6.54 Å². The molecule has 2 unspecified atom stereocenters. The van der Waals surface area contributed by atoms with Crippen LogP contribution in [0.15, 0.2) is 24.3 Å². The number of hydrogen-bond donors (Lipinski definition) is 3. The number of nitrogens with one attached hydrogen (secondary N) is 2. The van der Waals surface area contributed by atoms with E-state index in [0.717, 1.165) is 11.3 Å². The van der Waals surface area contributed by atoms with Gasteiger partial charge >= 0.3 is 5.97 Å². The predicted molar refractivity (Wildman–Crippen MR) is 68.7 cm³/mol. The fourth-order valence-corrected chi connectivity index (χ4v) is 2.06. The number of anilines is 1. The molecule has 0 fully saturated rings. The van der Waals surface area contributed by atoms with Gasteiger partial charge in [-0.3, -0.25) is 4.79 Å². The van der Waals surface area contributed by atoms with E-state index in [2.05, 4.69) is 15.4 Å². The van der Waals surface area contributed by atoms with Crippen molar-refractivity contribution in [3.63, 3.8) is 0 Å². The van der Waals surface area contributed by atoms with Crippen molar-refractivity contribution in [2.45, 2.75) is 12.0 Å².